The van der Waals surface area contributed by atoms with Crippen molar-refractivity contribution in [2.75, 3.05) is 0 Å². The molecule has 0 aliphatic rings. The molecule has 0 saturated carbocycles. The molecule has 36 heavy (non-hydrogen) atoms. The van der Waals surface area contributed by atoms with E-state index in [1.54, 1.807) is 6.07 Å². The van der Waals surface area contributed by atoms with Crippen LogP contribution in [0.4, 0.5) is 0 Å². The van der Waals surface area contributed by atoms with E-state index in [4.69, 9.17) is 0 Å². The topological polar surface area (TPSA) is 54.4 Å². The summed E-state index contributed by atoms with van der Waals surface area (Å²) in [6.07, 6.45) is 25.0. The molecule has 0 aromatic heterocycles. The zero-order valence-corrected chi connectivity index (χ0v) is 24.0. The largest absolute Gasteiger partial charge is 0.295 e. The molecule has 0 unspecified atom stereocenters. The Hall–Kier alpha value is -1.39. The second kappa shape index (κ2) is 18.0. The molecular weight excluding hydrogens is 464 g/mol. The van der Waals surface area contributed by atoms with Crippen LogP contribution in [0.3, 0.4) is 0 Å². The minimum atomic E-state index is -4.26. The molecule has 0 amide bonds. The second-order valence-corrected chi connectivity index (χ2v) is 12.1. The summed E-state index contributed by atoms with van der Waals surface area (Å²) in [6.45, 7) is 4.51. The summed E-state index contributed by atoms with van der Waals surface area (Å²) in [5.41, 5.74) is 2.41. The molecule has 204 valence electrons. The summed E-state index contributed by atoms with van der Waals surface area (Å²) >= 11 is 0. The van der Waals surface area contributed by atoms with Crippen molar-refractivity contribution in [3.05, 3.63) is 41.5 Å². The van der Waals surface area contributed by atoms with E-state index < -0.39 is 10.1 Å². The van der Waals surface area contributed by atoms with Crippen LogP contribution < -0.4 is 0 Å². The van der Waals surface area contributed by atoms with Gasteiger partial charge in [-0.25, -0.2) is 0 Å². The molecule has 4 heteroatoms. The molecule has 2 rings (SSSR count). The highest BCUT2D eigenvalue weighted by Gasteiger charge is 2.19. The Bertz CT molecular complexity index is 965. The Morgan fingerprint density at radius 2 is 1.00 bits per heavy atom. The Morgan fingerprint density at radius 3 is 1.47 bits per heavy atom. The molecule has 3 nitrogen and oxygen atoms in total. The maximum absolute atomic E-state index is 12.2. The van der Waals surface area contributed by atoms with E-state index in [0.29, 0.717) is 5.39 Å². The normalized spacial score (nSPS) is 12.0. The highest BCUT2D eigenvalue weighted by molar-refractivity contribution is 7.86. The fourth-order valence-electron chi connectivity index (χ4n) is 5.43. The van der Waals surface area contributed by atoms with E-state index in [9.17, 15) is 13.0 Å². The van der Waals surface area contributed by atoms with Crippen molar-refractivity contribution < 1.29 is 13.0 Å². The Morgan fingerprint density at radius 1 is 0.583 bits per heavy atom. The van der Waals surface area contributed by atoms with Gasteiger partial charge in [0, 0.05) is 5.39 Å². The summed E-state index contributed by atoms with van der Waals surface area (Å²) in [4.78, 5) is 0.0693. The lowest BCUT2D eigenvalue weighted by molar-refractivity contribution is 0.484. The first-order valence-electron chi connectivity index (χ1n) is 15.0. The SMILES string of the molecule is CCCCCCCCCCCc1cc(S(=O)(=O)O)c2ccccc2c1CCCCCCCCCCC. The van der Waals surface area contributed by atoms with Crippen LogP contribution in [-0.2, 0) is 23.0 Å². The number of unbranched alkanes of at least 4 members (excludes halogenated alkanes) is 16. The van der Waals surface area contributed by atoms with Gasteiger partial charge < -0.3 is 0 Å². The van der Waals surface area contributed by atoms with Crippen molar-refractivity contribution in [2.45, 2.75) is 147 Å². The van der Waals surface area contributed by atoms with Gasteiger partial charge in [-0.1, -0.05) is 141 Å². The molecule has 2 aromatic rings. The van der Waals surface area contributed by atoms with E-state index in [1.807, 2.05) is 24.3 Å². The zero-order valence-electron chi connectivity index (χ0n) is 23.2. The van der Waals surface area contributed by atoms with Crippen LogP contribution >= 0.6 is 0 Å². The Kier molecular flexibility index (Phi) is 15.4. The Labute approximate surface area is 222 Å². The molecule has 0 bridgehead atoms. The standard InChI is InChI=1S/C32H52O3S/c1-3-5-7-9-11-13-15-17-19-23-28-27-32(36(33,34)35)31-26-22-21-25-30(31)29(28)24-20-18-16-14-12-10-8-6-4-2/h21-22,25-27H,3-20,23-24H2,1-2H3,(H,33,34,35). The van der Waals surface area contributed by atoms with Crippen LogP contribution in [0, 0.1) is 0 Å². The van der Waals surface area contributed by atoms with Crippen LogP contribution in [-0.4, -0.2) is 13.0 Å². The molecule has 0 saturated heterocycles. The van der Waals surface area contributed by atoms with Crippen LogP contribution in [0.5, 0.6) is 0 Å². The number of aryl methyl sites for hydroxylation is 2. The maximum Gasteiger partial charge on any atom is 0.295 e. The number of rotatable bonds is 21. The van der Waals surface area contributed by atoms with Crippen molar-refractivity contribution in [3.8, 4) is 0 Å². The average molecular weight is 517 g/mol. The van der Waals surface area contributed by atoms with Crippen molar-refractivity contribution in [1.82, 2.24) is 0 Å². The molecule has 0 radical (unpaired) electrons. The molecule has 0 aliphatic carbocycles. The molecule has 0 spiro atoms. The number of hydrogen-bond acceptors (Lipinski definition) is 2. The number of hydrogen-bond donors (Lipinski definition) is 1. The van der Waals surface area contributed by atoms with Gasteiger partial charge in [-0.2, -0.15) is 8.42 Å². The van der Waals surface area contributed by atoms with Gasteiger partial charge in [0.05, 0.1) is 0 Å². The molecule has 0 fully saturated rings. The number of fused-ring (bicyclic) bond motifs is 1. The zero-order chi connectivity index (χ0) is 26.1. The molecule has 0 heterocycles. The minimum absolute atomic E-state index is 0.0693. The third-order valence-corrected chi connectivity index (χ3v) is 8.46. The van der Waals surface area contributed by atoms with Gasteiger partial charge in [-0.05, 0) is 48.3 Å². The van der Waals surface area contributed by atoms with Gasteiger partial charge in [0.15, 0.2) is 0 Å². The fraction of sp³-hybridized carbons (Fsp3) is 0.688. The summed E-state index contributed by atoms with van der Waals surface area (Å²) < 4.78 is 34.4. The first kappa shape index (κ1) is 30.8. The third kappa shape index (κ3) is 11.3. The van der Waals surface area contributed by atoms with Gasteiger partial charge in [0.2, 0.25) is 0 Å². The van der Waals surface area contributed by atoms with Crippen molar-refractivity contribution in [3.63, 3.8) is 0 Å². The fourth-order valence-corrected chi connectivity index (χ4v) is 6.17. The van der Waals surface area contributed by atoms with Crippen molar-refractivity contribution in [1.29, 1.82) is 0 Å². The lowest BCUT2D eigenvalue weighted by atomic mass is 9.91. The van der Waals surface area contributed by atoms with Gasteiger partial charge in [0.25, 0.3) is 10.1 Å². The number of benzene rings is 2. The van der Waals surface area contributed by atoms with E-state index >= 15 is 0 Å². The molecular formula is C32H52O3S. The first-order chi connectivity index (χ1) is 17.5. The summed E-state index contributed by atoms with van der Waals surface area (Å²) in [6, 6.07) is 9.48. The summed E-state index contributed by atoms with van der Waals surface area (Å²) in [7, 11) is -4.26. The van der Waals surface area contributed by atoms with Gasteiger partial charge in [-0.15, -0.1) is 0 Å². The van der Waals surface area contributed by atoms with E-state index in [1.165, 1.54) is 108 Å². The second-order valence-electron chi connectivity index (χ2n) is 10.7. The lowest BCUT2D eigenvalue weighted by Gasteiger charge is -2.16. The van der Waals surface area contributed by atoms with Crippen molar-refractivity contribution >= 4 is 20.9 Å². The summed E-state index contributed by atoms with van der Waals surface area (Å²) in [5, 5.41) is 1.65. The highest BCUT2D eigenvalue weighted by Crippen LogP contribution is 2.32. The predicted molar refractivity (Wildman–Crippen MR) is 156 cm³/mol. The van der Waals surface area contributed by atoms with E-state index in [0.717, 1.165) is 36.6 Å². The third-order valence-electron chi connectivity index (χ3n) is 7.57. The molecule has 2 aromatic carbocycles. The molecule has 0 atom stereocenters. The first-order valence-corrected chi connectivity index (χ1v) is 16.4. The van der Waals surface area contributed by atoms with Crippen LogP contribution in [0.1, 0.15) is 141 Å². The average Bonchev–Trinajstić information content (AvgIpc) is 2.86. The van der Waals surface area contributed by atoms with E-state index in [-0.39, 0.29) is 4.90 Å². The van der Waals surface area contributed by atoms with Crippen LogP contribution in [0.25, 0.3) is 10.8 Å². The summed E-state index contributed by atoms with van der Waals surface area (Å²) in [5.74, 6) is 0. The van der Waals surface area contributed by atoms with Gasteiger partial charge in [0.1, 0.15) is 4.90 Å². The quantitative estimate of drug-likeness (QED) is 0.133. The van der Waals surface area contributed by atoms with Gasteiger partial charge >= 0.3 is 0 Å². The van der Waals surface area contributed by atoms with E-state index in [2.05, 4.69) is 13.8 Å². The highest BCUT2D eigenvalue weighted by atomic mass is 32.2. The maximum atomic E-state index is 12.2. The lowest BCUT2D eigenvalue weighted by Crippen LogP contribution is -2.05. The molecule has 1 N–H and O–H groups in total. The van der Waals surface area contributed by atoms with Crippen molar-refractivity contribution in [2.24, 2.45) is 0 Å². The van der Waals surface area contributed by atoms with Crippen LogP contribution in [0.2, 0.25) is 0 Å². The smallest absolute Gasteiger partial charge is 0.282 e. The predicted octanol–water partition coefficient (Wildman–Crippen LogP) is 10.2. The Balaban J connectivity index is 1.99. The van der Waals surface area contributed by atoms with Crippen LogP contribution in [0.15, 0.2) is 35.2 Å². The van der Waals surface area contributed by atoms with Gasteiger partial charge in [-0.3, -0.25) is 4.55 Å². The monoisotopic (exact) mass is 516 g/mol. The minimum Gasteiger partial charge on any atom is -0.282 e. The molecule has 0 aliphatic heterocycles.